The van der Waals surface area contributed by atoms with Gasteiger partial charge in [0, 0.05) is 25.9 Å². The van der Waals surface area contributed by atoms with Crippen LogP contribution in [0.3, 0.4) is 0 Å². The Morgan fingerprint density at radius 2 is 1.79 bits per heavy atom. The summed E-state index contributed by atoms with van der Waals surface area (Å²) >= 11 is 0. The van der Waals surface area contributed by atoms with Crippen LogP contribution in [0.15, 0.2) is 87.6 Å². The molecule has 1 aliphatic rings. The molecule has 196 valence electrons. The number of hydrogen-bond donors (Lipinski definition) is 1. The van der Waals surface area contributed by atoms with Gasteiger partial charge in [-0.3, -0.25) is 14.3 Å². The van der Waals surface area contributed by atoms with Crippen molar-refractivity contribution >= 4 is 9.84 Å². The summed E-state index contributed by atoms with van der Waals surface area (Å²) in [6.07, 6.45) is 5.88. The minimum absolute atomic E-state index is 0.105. The summed E-state index contributed by atoms with van der Waals surface area (Å²) in [5.74, 6) is 0.0714. The van der Waals surface area contributed by atoms with Crippen LogP contribution in [0.5, 0.6) is 5.88 Å². The van der Waals surface area contributed by atoms with Crippen LogP contribution in [0.2, 0.25) is 0 Å². The molecule has 0 radical (unpaired) electrons. The highest BCUT2D eigenvalue weighted by Crippen LogP contribution is 2.36. The molecule has 1 atom stereocenters. The highest BCUT2D eigenvalue weighted by Gasteiger charge is 2.34. The average Bonchev–Trinajstić information content (AvgIpc) is 3.73. The van der Waals surface area contributed by atoms with Crippen molar-refractivity contribution in [3.63, 3.8) is 0 Å². The highest BCUT2D eigenvalue weighted by atomic mass is 32.2. The normalized spacial score (nSPS) is 14.4. The van der Waals surface area contributed by atoms with E-state index in [1.807, 2.05) is 43.3 Å². The second-order valence-corrected chi connectivity index (χ2v) is 11.5. The highest BCUT2D eigenvalue weighted by molar-refractivity contribution is 7.91. The van der Waals surface area contributed by atoms with Crippen LogP contribution >= 0.6 is 0 Å². The van der Waals surface area contributed by atoms with Crippen molar-refractivity contribution < 1.29 is 18.3 Å². The lowest BCUT2D eigenvalue weighted by atomic mass is 10.0. The molecule has 38 heavy (non-hydrogen) atoms. The van der Waals surface area contributed by atoms with Gasteiger partial charge in [0.05, 0.1) is 17.5 Å². The second kappa shape index (κ2) is 10.5. The predicted molar refractivity (Wildman–Crippen MR) is 143 cm³/mol. The first-order valence-electron chi connectivity index (χ1n) is 12.5. The van der Waals surface area contributed by atoms with E-state index in [-0.39, 0.29) is 11.5 Å². The van der Waals surface area contributed by atoms with Crippen LogP contribution in [0.25, 0.3) is 11.1 Å². The van der Waals surface area contributed by atoms with E-state index in [1.54, 1.807) is 24.5 Å². The van der Waals surface area contributed by atoms with Gasteiger partial charge in [0.25, 0.3) is 5.56 Å². The zero-order valence-electron chi connectivity index (χ0n) is 21.2. The van der Waals surface area contributed by atoms with Crippen molar-refractivity contribution in [1.29, 1.82) is 0 Å². The van der Waals surface area contributed by atoms with E-state index in [2.05, 4.69) is 9.97 Å². The van der Waals surface area contributed by atoms with E-state index in [1.165, 1.54) is 23.8 Å². The summed E-state index contributed by atoms with van der Waals surface area (Å²) in [7, 11) is -2.86. The van der Waals surface area contributed by atoms with Crippen LogP contribution in [0.4, 0.5) is 0 Å². The molecule has 8 nitrogen and oxygen atoms in total. The van der Waals surface area contributed by atoms with Gasteiger partial charge in [-0.1, -0.05) is 42.5 Å². The molecule has 0 aliphatic heterocycles. The maximum Gasteiger partial charge on any atom is 0.296 e. The van der Waals surface area contributed by atoms with Gasteiger partial charge in [-0.25, -0.2) is 8.42 Å². The van der Waals surface area contributed by atoms with Gasteiger partial charge in [0.15, 0.2) is 4.90 Å². The van der Waals surface area contributed by atoms with Crippen LogP contribution < -0.4 is 5.56 Å². The number of hydrogen-bond acceptors (Lipinski definition) is 7. The Morgan fingerprint density at radius 1 is 1.08 bits per heavy atom. The first-order valence-corrected chi connectivity index (χ1v) is 13.9. The number of nitrogens with zero attached hydrogens (tertiary/aromatic N) is 3. The Balaban J connectivity index is 1.64. The minimum atomic E-state index is -4.39. The van der Waals surface area contributed by atoms with Crippen LogP contribution in [0, 0.1) is 12.8 Å². The molecule has 0 spiro atoms. The molecule has 9 heteroatoms. The first kappa shape index (κ1) is 25.8. The maximum absolute atomic E-state index is 13.8. The smallest absolute Gasteiger partial charge is 0.296 e. The van der Waals surface area contributed by atoms with E-state index >= 15 is 0 Å². The van der Waals surface area contributed by atoms with Crippen molar-refractivity contribution in [2.45, 2.75) is 42.0 Å². The third-order valence-corrected chi connectivity index (χ3v) is 8.67. The lowest BCUT2D eigenvalue weighted by molar-refractivity contribution is 0.161. The third kappa shape index (κ3) is 4.99. The zero-order valence-corrected chi connectivity index (χ0v) is 22.1. The summed E-state index contributed by atoms with van der Waals surface area (Å²) in [5, 5.41) is 11.5. The van der Waals surface area contributed by atoms with Crippen LogP contribution in [0.1, 0.15) is 35.8 Å². The molecular formula is C29H29N3O5S. The first-order chi connectivity index (χ1) is 18.3. The quantitative estimate of drug-likeness (QED) is 0.342. The summed E-state index contributed by atoms with van der Waals surface area (Å²) in [4.78, 5) is 20.7. The standard InChI is InChI=1S/C29H29N3O5S/c1-19-17-30-15-14-24(19)21-10-12-23(13-11-21)38(35,36)27-28(33)31-26(16-20-8-9-20)32(29(27)34)25(18-37-2)22-6-4-3-5-7-22/h3-7,10-15,17,20,25,34H,8-9,16,18H2,1-2H3/t25-/m0/s1. The van der Waals surface area contributed by atoms with Crippen molar-refractivity contribution in [2.75, 3.05) is 13.7 Å². The topological polar surface area (TPSA) is 111 Å². The minimum Gasteiger partial charge on any atom is -0.493 e. The number of ether oxygens (including phenoxy) is 1. The summed E-state index contributed by atoms with van der Waals surface area (Å²) in [6, 6.07) is 16.8. The Hall–Kier alpha value is -3.82. The average molecular weight is 532 g/mol. The molecule has 4 aromatic rings. The number of rotatable bonds is 9. The van der Waals surface area contributed by atoms with Gasteiger partial charge >= 0.3 is 0 Å². The van der Waals surface area contributed by atoms with Crippen molar-refractivity contribution in [3.05, 3.63) is 100 Å². The fourth-order valence-electron chi connectivity index (χ4n) is 4.72. The van der Waals surface area contributed by atoms with E-state index in [0.29, 0.717) is 18.2 Å². The van der Waals surface area contributed by atoms with Crippen molar-refractivity contribution in [1.82, 2.24) is 14.5 Å². The Morgan fingerprint density at radius 3 is 2.42 bits per heavy atom. The number of methoxy groups -OCH3 is 1. The molecule has 5 rings (SSSR count). The van der Waals surface area contributed by atoms with Gasteiger partial charge < -0.3 is 9.84 Å². The molecule has 1 aliphatic carbocycles. The molecule has 1 saturated carbocycles. The number of aromatic nitrogens is 3. The zero-order chi connectivity index (χ0) is 26.9. The van der Waals surface area contributed by atoms with Crippen molar-refractivity contribution in [2.24, 2.45) is 5.92 Å². The Kier molecular flexibility index (Phi) is 7.14. The number of aromatic hydroxyl groups is 1. The van der Waals surface area contributed by atoms with E-state index in [4.69, 9.17) is 4.74 Å². The molecule has 1 N–H and O–H groups in total. The molecule has 0 bridgehead atoms. The largest absolute Gasteiger partial charge is 0.493 e. The molecule has 0 amide bonds. The summed E-state index contributed by atoms with van der Waals surface area (Å²) in [5.41, 5.74) is 2.52. The predicted octanol–water partition coefficient (Wildman–Crippen LogP) is 4.34. The molecule has 2 aromatic heterocycles. The molecular weight excluding hydrogens is 502 g/mol. The second-order valence-electron chi connectivity index (χ2n) is 9.60. The molecule has 0 unspecified atom stereocenters. The van der Waals surface area contributed by atoms with Gasteiger partial charge in [-0.2, -0.15) is 4.98 Å². The molecule has 1 fully saturated rings. The van der Waals surface area contributed by atoms with Crippen molar-refractivity contribution in [3.8, 4) is 17.0 Å². The SMILES string of the molecule is COC[C@@H](c1ccccc1)n1c(CC2CC2)nc(=O)c(S(=O)(=O)c2ccc(-c3ccncc3C)cc2)c1O. The lowest BCUT2D eigenvalue weighted by Gasteiger charge is -2.25. The van der Waals surface area contributed by atoms with Gasteiger partial charge in [-0.15, -0.1) is 0 Å². The van der Waals surface area contributed by atoms with Crippen LogP contribution in [-0.2, 0) is 21.0 Å². The molecule has 0 saturated heterocycles. The summed E-state index contributed by atoms with van der Waals surface area (Å²) < 4.78 is 34.4. The fourth-order valence-corrected chi connectivity index (χ4v) is 6.06. The van der Waals surface area contributed by atoms with Gasteiger partial charge in [-0.05, 0) is 66.1 Å². The van der Waals surface area contributed by atoms with Crippen LogP contribution in [-0.4, -0.2) is 41.8 Å². The van der Waals surface area contributed by atoms with E-state index in [9.17, 15) is 18.3 Å². The molecule has 2 aromatic carbocycles. The van der Waals surface area contributed by atoms with E-state index in [0.717, 1.165) is 35.1 Å². The van der Waals surface area contributed by atoms with Gasteiger partial charge in [0.2, 0.25) is 15.7 Å². The fraction of sp³-hybridized carbons (Fsp3) is 0.276. The maximum atomic E-state index is 13.8. The number of aryl methyl sites for hydroxylation is 1. The summed E-state index contributed by atoms with van der Waals surface area (Å²) in [6.45, 7) is 2.07. The van der Waals surface area contributed by atoms with E-state index < -0.39 is 32.2 Å². The number of benzene rings is 2. The molecule has 2 heterocycles. The van der Waals surface area contributed by atoms with Gasteiger partial charge in [0.1, 0.15) is 5.82 Å². The Labute approximate surface area is 221 Å². The number of pyridine rings is 1. The monoisotopic (exact) mass is 531 g/mol. The lowest BCUT2D eigenvalue weighted by Crippen LogP contribution is -2.29. The third-order valence-electron chi connectivity index (χ3n) is 6.89. The Bertz CT molecular complexity index is 1610. The number of sulfone groups is 1.